The Balaban J connectivity index is 2.99. The fraction of sp³-hybridized carbons (Fsp3) is 0.857. The van der Waals surface area contributed by atoms with Crippen LogP contribution in [0.4, 0.5) is 0 Å². The second-order valence-corrected chi connectivity index (χ2v) is 4.42. The smallest absolute Gasteiger partial charge is 0.216 e. The van der Waals surface area contributed by atoms with Crippen LogP contribution in [0.2, 0.25) is 0 Å². The standard InChI is InChI=1S/C14H28N2O6/c1-13(17)15-3-5-19-7-9-21-11-12-22-10-8-20-6-4-16-14(2)18/h3-12H2,1-2H3,(H,15,17)(H,16,18). The van der Waals surface area contributed by atoms with Crippen LogP contribution in [0, 0.1) is 0 Å². The van der Waals surface area contributed by atoms with Gasteiger partial charge in [0, 0.05) is 26.9 Å². The van der Waals surface area contributed by atoms with Crippen molar-refractivity contribution in [3.8, 4) is 0 Å². The summed E-state index contributed by atoms with van der Waals surface area (Å²) in [4.78, 5) is 21.1. The lowest BCUT2D eigenvalue weighted by molar-refractivity contribution is -0.120. The molecule has 0 atom stereocenters. The Morgan fingerprint density at radius 2 is 0.864 bits per heavy atom. The van der Waals surface area contributed by atoms with E-state index in [-0.39, 0.29) is 11.8 Å². The van der Waals surface area contributed by atoms with Gasteiger partial charge in [-0.2, -0.15) is 0 Å². The molecule has 0 aliphatic rings. The predicted molar refractivity (Wildman–Crippen MR) is 80.6 cm³/mol. The monoisotopic (exact) mass is 320 g/mol. The van der Waals surface area contributed by atoms with Crippen LogP contribution in [0.3, 0.4) is 0 Å². The Morgan fingerprint density at radius 1 is 0.591 bits per heavy atom. The molecular formula is C14H28N2O6. The third-order valence-corrected chi connectivity index (χ3v) is 2.36. The molecule has 0 rings (SSSR count). The molecular weight excluding hydrogens is 292 g/mol. The lowest BCUT2D eigenvalue weighted by Gasteiger charge is -2.08. The van der Waals surface area contributed by atoms with Crippen molar-refractivity contribution in [1.82, 2.24) is 10.6 Å². The van der Waals surface area contributed by atoms with Gasteiger partial charge in [0.05, 0.1) is 52.9 Å². The summed E-state index contributed by atoms with van der Waals surface area (Å²) in [5, 5.41) is 5.27. The predicted octanol–water partition coefficient (Wildman–Crippen LogP) is -0.675. The molecule has 0 radical (unpaired) electrons. The molecule has 0 fully saturated rings. The molecule has 0 bridgehead atoms. The van der Waals surface area contributed by atoms with Crippen molar-refractivity contribution in [3.63, 3.8) is 0 Å². The summed E-state index contributed by atoms with van der Waals surface area (Å²) >= 11 is 0. The quantitative estimate of drug-likeness (QED) is 0.388. The van der Waals surface area contributed by atoms with Crippen LogP contribution >= 0.6 is 0 Å². The number of amides is 2. The molecule has 0 saturated heterocycles. The third kappa shape index (κ3) is 18.8. The second-order valence-electron chi connectivity index (χ2n) is 4.42. The highest BCUT2D eigenvalue weighted by molar-refractivity contribution is 5.73. The zero-order valence-electron chi connectivity index (χ0n) is 13.5. The van der Waals surface area contributed by atoms with E-state index < -0.39 is 0 Å². The maximum Gasteiger partial charge on any atom is 0.216 e. The van der Waals surface area contributed by atoms with Crippen LogP contribution < -0.4 is 10.6 Å². The first-order valence-corrected chi connectivity index (χ1v) is 7.42. The molecule has 0 aliphatic heterocycles. The number of rotatable bonds is 15. The molecule has 0 aromatic rings. The van der Waals surface area contributed by atoms with E-state index in [0.717, 1.165) is 0 Å². The third-order valence-electron chi connectivity index (χ3n) is 2.36. The van der Waals surface area contributed by atoms with Gasteiger partial charge in [-0.05, 0) is 0 Å². The molecule has 2 N–H and O–H groups in total. The van der Waals surface area contributed by atoms with Crippen molar-refractivity contribution >= 4 is 11.8 Å². The Bertz CT molecular complexity index is 261. The van der Waals surface area contributed by atoms with E-state index in [1.54, 1.807) is 0 Å². The largest absolute Gasteiger partial charge is 0.377 e. The highest BCUT2D eigenvalue weighted by Crippen LogP contribution is 1.82. The van der Waals surface area contributed by atoms with E-state index in [4.69, 9.17) is 18.9 Å². The Hall–Kier alpha value is -1.22. The first kappa shape index (κ1) is 20.8. The molecule has 2 amide bonds. The van der Waals surface area contributed by atoms with Crippen LogP contribution in [0.15, 0.2) is 0 Å². The van der Waals surface area contributed by atoms with Gasteiger partial charge in [-0.3, -0.25) is 9.59 Å². The molecule has 0 aromatic heterocycles. The van der Waals surface area contributed by atoms with Gasteiger partial charge in [-0.15, -0.1) is 0 Å². The fourth-order valence-electron chi connectivity index (χ4n) is 1.36. The highest BCUT2D eigenvalue weighted by Gasteiger charge is 1.94. The van der Waals surface area contributed by atoms with Crippen molar-refractivity contribution in [1.29, 1.82) is 0 Å². The molecule has 0 unspecified atom stereocenters. The fourth-order valence-corrected chi connectivity index (χ4v) is 1.36. The Kier molecular flexibility index (Phi) is 15.3. The van der Waals surface area contributed by atoms with Gasteiger partial charge in [0.2, 0.25) is 11.8 Å². The van der Waals surface area contributed by atoms with Crippen LogP contribution in [0.5, 0.6) is 0 Å². The van der Waals surface area contributed by atoms with E-state index in [2.05, 4.69) is 10.6 Å². The van der Waals surface area contributed by atoms with Gasteiger partial charge in [-0.1, -0.05) is 0 Å². The van der Waals surface area contributed by atoms with Gasteiger partial charge >= 0.3 is 0 Å². The minimum atomic E-state index is -0.0592. The van der Waals surface area contributed by atoms with Gasteiger partial charge < -0.3 is 29.6 Å². The number of hydrogen-bond acceptors (Lipinski definition) is 6. The van der Waals surface area contributed by atoms with Gasteiger partial charge in [0.15, 0.2) is 0 Å². The molecule has 0 saturated carbocycles. The summed E-state index contributed by atoms with van der Waals surface area (Å²) < 4.78 is 21.1. The molecule has 0 aromatic carbocycles. The first-order valence-electron chi connectivity index (χ1n) is 7.42. The summed E-state index contributed by atoms with van der Waals surface area (Å²) in [5.74, 6) is -0.118. The van der Waals surface area contributed by atoms with E-state index >= 15 is 0 Å². The normalized spacial score (nSPS) is 10.5. The molecule has 8 nitrogen and oxygen atoms in total. The lowest BCUT2D eigenvalue weighted by Crippen LogP contribution is -2.25. The van der Waals surface area contributed by atoms with Crippen molar-refractivity contribution in [3.05, 3.63) is 0 Å². The SMILES string of the molecule is CC(=O)NCCOCCOCCOCCOCCNC(C)=O. The van der Waals surface area contributed by atoms with Gasteiger partial charge in [-0.25, -0.2) is 0 Å². The van der Waals surface area contributed by atoms with E-state index in [1.165, 1.54) is 13.8 Å². The number of ether oxygens (including phenoxy) is 4. The number of carbonyl (C=O) groups is 2. The van der Waals surface area contributed by atoms with E-state index in [9.17, 15) is 9.59 Å². The molecule has 0 heterocycles. The van der Waals surface area contributed by atoms with Crippen molar-refractivity contribution in [2.45, 2.75) is 13.8 Å². The zero-order chi connectivity index (χ0) is 16.5. The summed E-state index contributed by atoms with van der Waals surface area (Å²) in [6.07, 6.45) is 0. The number of nitrogens with one attached hydrogen (secondary N) is 2. The summed E-state index contributed by atoms with van der Waals surface area (Å²) in [5.41, 5.74) is 0. The zero-order valence-corrected chi connectivity index (χ0v) is 13.5. The topological polar surface area (TPSA) is 95.1 Å². The molecule has 130 valence electrons. The number of hydrogen-bond donors (Lipinski definition) is 2. The van der Waals surface area contributed by atoms with E-state index in [1.807, 2.05) is 0 Å². The van der Waals surface area contributed by atoms with Gasteiger partial charge in [0.1, 0.15) is 0 Å². The maximum atomic E-state index is 10.6. The van der Waals surface area contributed by atoms with Crippen molar-refractivity contribution in [2.24, 2.45) is 0 Å². The Labute approximate surface area is 131 Å². The van der Waals surface area contributed by atoms with Crippen LogP contribution in [-0.4, -0.2) is 77.8 Å². The summed E-state index contributed by atoms with van der Waals surface area (Å²) in [7, 11) is 0. The average molecular weight is 320 g/mol. The van der Waals surface area contributed by atoms with Crippen LogP contribution in [0.1, 0.15) is 13.8 Å². The van der Waals surface area contributed by atoms with Crippen LogP contribution in [0.25, 0.3) is 0 Å². The average Bonchev–Trinajstić information content (AvgIpc) is 2.46. The van der Waals surface area contributed by atoms with Crippen molar-refractivity contribution < 1.29 is 28.5 Å². The maximum absolute atomic E-state index is 10.6. The second kappa shape index (κ2) is 16.2. The molecule has 22 heavy (non-hydrogen) atoms. The van der Waals surface area contributed by atoms with Gasteiger partial charge in [0.25, 0.3) is 0 Å². The first-order chi connectivity index (χ1) is 10.6. The molecule has 0 aliphatic carbocycles. The highest BCUT2D eigenvalue weighted by atomic mass is 16.6. The van der Waals surface area contributed by atoms with Crippen molar-refractivity contribution in [2.75, 3.05) is 65.9 Å². The minimum Gasteiger partial charge on any atom is -0.377 e. The Morgan fingerprint density at radius 3 is 1.14 bits per heavy atom. The molecule has 0 spiro atoms. The van der Waals surface area contributed by atoms with E-state index in [0.29, 0.717) is 65.9 Å². The summed E-state index contributed by atoms with van der Waals surface area (Å²) in [6, 6.07) is 0. The summed E-state index contributed by atoms with van der Waals surface area (Å²) in [6.45, 7) is 7.91. The minimum absolute atomic E-state index is 0.0592. The lowest BCUT2D eigenvalue weighted by atomic mass is 10.6. The van der Waals surface area contributed by atoms with Crippen LogP contribution in [-0.2, 0) is 28.5 Å². The number of carbonyl (C=O) groups excluding carboxylic acids is 2. The molecule has 8 heteroatoms.